The van der Waals surface area contributed by atoms with E-state index >= 15 is 0 Å². The summed E-state index contributed by atoms with van der Waals surface area (Å²) in [4.78, 5) is 12.4. The third-order valence-corrected chi connectivity index (χ3v) is 7.01. The van der Waals surface area contributed by atoms with Gasteiger partial charge in [-0.1, -0.05) is 6.42 Å². The standard InChI is InChI=1S/C19H17F3N2O4S/c20-14-8-12(9-15(21)18(14)22)23-19(25)11-4-5-16-17(7-11)29(26,27)24-6-2-1-3-13(24)10-28-16/h4-5,7-9,13H,1-3,6,10H2,(H,23,25)/t13-/m0/s1. The number of fused-ring (bicyclic) bond motifs is 2. The van der Waals surface area contributed by atoms with Crippen LogP contribution in [0.1, 0.15) is 29.6 Å². The number of nitrogens with zero attached hydrogens (tertiary/aromatic N) is 1. The van der Waals surface area contributed by atoms with E-state index in [-0.39, 0.29) is 34.5 Å². The minimum absolute atomic E-state index is 0.0449. The van der Waals surface area contributed by atoms with Gasteiger partial charge in [-0.15, -0.1) is 0 Å². The first-order chi connectivity index (χ1) is 13.8. The van der Waals surface area contributed by atoms with Crippen LogP contribution in [0.4, 0.5) is 18.9 Å². The van der Waals surface area contributed by atoms with Crippen LogP contribution in [0.25, 0.3) is 0 Å². The second kappa shape index (κ2) is 7.34. The summed E-state index contributed by atoms with van der Waals surface area (Å²) in [5.74, 6) is -5.20. The summed E-state index contributed by atoms with van der Waals surface area (Å²) >= 11 is 0. The molecule has 0 aromatic heterocycles. The van der Waals surface area contributed by atoms with Crippen molar-refractivity contribution < 1.29 is 31.1 Å². The van der Waals surface area contributed by atoms with Crippen molar-refractivity contribution in [2.45, 2.75) is 30.2 Å². The molecule has 1 saturated heterocycles. The lowest BCUT2D eigenvalue weighted by molar-refractivity contribution is 0.102. The molecule has 0 bridgehead atoms. The minimum Gasteiger partial charge on any atom is -0.490 e. The van der Waals surface area contributed by atoms with Crippen molar-refractivity contribution in [3.05, 3.63) is 53.3 Å². The van der Waals surface area contributed by atoms with Gasteiger partial charge in [-0.2, -0.15) is 4.31 Å². The van der Waals surface area contributed by atoms with Crippen LogP contribution in [-0.4, -0.2) is 37.8 Å². The van der Waals surface area contributed by atoms with Crippen LogP contribution in [0, 0.1) is 17.5 Å². The lowest BCUT2D eigenvalue weighted by Crippen LogP contribution is -2.44. The summed E-state index contributed by atoms with van der Waals surface area (Å²) in [5.41, 5.74) is -0.340. The number of halogens is 3. The van der Waals surface area contributed by atoms with Crippen molar-refractivity contribution in [3.8, 4) is 5.75 Å². The van der Waals surface area contributed by atoms with Crippen molar-refractivity contribution >= 4 is 21.6 Å². The van der Waals surface area contributed by atoms with Gasteiger partial charge in [-0.25, -0.2) is 21.6 Å². The molecule has 2 aliphatic heterocycles. The first kappa shape index (κ1) is 19.7. The Morgan fingerprint density at radius 3 is 2.55 bits per heavy atom. The predicted octanol–water partition coefficient (Wildman–Crippen LogP) is 3.29. The van der Waals surface area contributed by atoms with Crippen molar-refractivity contribution in [2.24, 2.45) is 0 Å². The maximum Gasteiger partial charge on any atom is 0.255 e. The van der Waals surface area contributed by atoms with Gasteiger partial charge in [-0.3, -0.25) is 4.79 Å². The molecule has 2 aromatic rings. The molecule has 4 rings (SSSR count). The van der Waals surface area contributed by atoms with Gasteiger partial charge in [0.05, 0.1) is 6.04 Å². The Hall–Kier alpha value is -2.59. The quantitative estimate of drug-likeness (QED) is 0.748. The predicted molar refractivity (Wildman–Crippen MR) is 97.7 cm³/mol. The van der Waals surface area contributed by atoms with Gasteiger partial charge in [-0.05, 0) is 31.0 Å². The summed E-state index contributed by atoms with van der Waals surface area (Å²) < 4.78 is 73.0. The molecule has 1 fully saturated rings. The Morgan fingerprint density at radius 2 is 1.83 bits per heavy atom. The van der Waals surface area contributed by atoms with Gasteiger partial charge < -0.3 is 10.1 Å². The lowest BCUT2D eigenvalue weighted by atomic mass is 10.1. The number of carbonyl (C=O) groups is 1. The smallest absolute Gasteiger partial charge is 0.255 e. The number of benzene rings is 2. The maximum absolute atomic E-state index is 13.4. The zero-order valence-corrected chi connectivity index (χ0v) is 15.9. The van der Waals surface area contributed by atoms with E-state index in [1.165, 1.54) is 22.5 Å². The highest BCUT2D eigenvalue weighted by Gasteiger charge is 2.38. The molecule has 10 heteroatoms. The van der Waals surface area contributed by atoms with Crippen molar-refractivity contribution in [3.63, 3.8) is 0 Å². The average Bonchev–Trinajstić information content (AvgIpc) is 2.80. The number of carbonyl (C=O) groups excluding carboxylic acids is 1. The third kappa shape index (κ3) is 3.58. The molecule has 1 N–H and O–H groups in total. The van der Waals surface area contributed by atoms with E-state index in [2.05, 4.69) is 5.32 Å². The number of amides is 1. The molecule has 0 aliphatic carbocycles. The van der Waals surface area contributed by atoms with E-state index in [0.717, 1.165) is 12.8 Å². The summed E-state index contributed by atoms with van der Waals surface area (Å²) in [6.07, 6.45) is 2.35. The Bertz CT molecular complexity index is 1070. The second-order valence-corrected chi connectivity index (χ2v) is 8.80. The number of hydrogen-bond donors (Lipinski definition) is 1. The Kier molecular flexibility index (Phi) is 4.99. The summed E-state index contributed by atoms with van der Waals surface area (Å²) in [6, 6.07) is 4.92. The Labute approximate surface area is 165 Å². The number of piperidine rings is 1. The molecule has 29 heavy (non-hydrogen) atoms. The molecule has 6 nitrogen and oxygen atoms in total. The number of sulfonamides is 1. The first-order valence-corrected chi connectivity index (χ1v) is 10.5. The zero-order chi connectivity index (χ0) is 20.8. The molecule has 0 saturated carbocycles. The monoisotopic (exact) mass is 426 g/mol. The normalized spacial score (nSPS) is 20.7. The van der Waals surface area contributed by atoms with Crippen LogP contribution < -0.4 is 10.1 Å². The average molecular weight is 426 g/mol. The van der Waals surface area contributed by atoms with Gasteiger partial charge in [0.1, 0.15) is 17.3 Å². The van der Waals surface area contributed by atoms with Crippen LogP contribution in [0.15, 0.2) is 35.2 Å². The molecule has 154 valence electrons. The second-order valence-electron chi connectivity index (χ2n) is 6.95. The lowest BCUT2D eigenvalue weighted by Gasteiger charge is -2.31. The minimum atomic E-state index is -3.87. The summed E-state index contributed by atoms with van der Waals surface area (Å²) in [6.45, 7) is 0.603. The van der Waals surface area contributed by atoms with E-state index < -0.39 is 33.4 Å². The number of hydrogen-bond acceptors (Lipinski definition) is 4. The first-order valence-electron chi connectivity index (χ1n) is 9.02. The highest BCUT2D eigenvalue weighted by molar-refractivity contribution is 7.89. The van der Waals surface area contributed by atoms with Crippen molar-refractivity contribution in [1.29, 1.82) is 0 Å². The van der Waals surface area contributed by atoms with Crippen LogP contribution in [0.5, 0.6) is 5.75 Å². The molecule has 2 heterocycles. The molecule has 0 spiro atoms. The van der Waals surface area contributed by atoms with Crippen LogP contribution in [0.3, 0.4) is 0 Å². The molecule has 1 amide bonds. The number of rotatable bonds is 2. The van der Waals surface area contributed by atoms with Gasteiger partial charge in [0.25, 0.3) is 5.91 Å². The van der Waals surface area contributed by atoms with Gasteiger partial charge in [0, 0.05) is 29.9 Å². The molecule has 1 atom stereocenters. The topological polar surface area (TPSA) is 75.7 Å². The van der Waals surface area contributed by atoms with Gasteiger partial charge >= 0.3 is 0 Å². The molecule has 2 aliphatic rings. The highest BCUT2D eigenvalue weighted by Crippen LogP contribution is 2.35. The van der Waals surface area contributed by atoms with Crippen LogP contribution in [-0.2, 0) is 10.0 Å². The van der Waals surface area contributed by atoms with Gasteiger partial charge in [0.2, 0.25) is 10.0 Å². The summed E-state index contributed by atoms with van der Waals surface area (Å²) in [5, 5.41) is 2.24. The summed E-state index contributed by atoms with van der Waals surface area (Å²) in [7, 11) is -3.87. The van der Waals surface area contributed by atoms with Gasteiger partial charge in [0.15, 0.2) is 17.5 Å². The Balaban J connectivity index is 1.66. The number of ether oxygens (including phenoxy) is 1. The van der Waals surface area contributed by atoms with Crippen LogP contribution >= 0.6 is 0 Å². The number of anilines is 1. The largest absolute Gasteiger partial charge is 0.490 e. The fourth-order valence-electron chi connectivity index (χ4n) is 3.57. The molecule has 0 unspecified atom stereocenters. The molecular weight excluding hydrogens is 409 g/mol. The molecular formula is C19H17F3N2O4S. The van der Waals surface area contributed by atoms with E-state index in [1.807, 2.05) is 0 Å². The Morgan fingerprint density at radius 1 is 1.10 bits per heavy atom. The number of nitrogens with one attached hydrogen (secondary N) is 1. The molecule has 0 radical (unpaired) electrons. The van der Waals surface area contributed by atoms with E-state index in [0.29, 0.717) is 25.1 Å². The fraction of sp³-hybridized carbons (Fsp3) is 0.316. The van der Waals surface area contributed by atoms with Crippen LogP contribution in [0.2, 0.25) is 0 Å². The van der Waals surface area contributed by atoms with E-state index in [4.69, 9.17) is 4.74 Å². The van der Waals surface area contributed by atoms with Crippen molar-refractivity contribution in [2.75, 3.05) is 18.5 Å². The maximum atomic E-state index is 13.4. The fourth-order valence-corrected chi connectivity index (χ4v) is 5.41. The highest BCUT2D eigenvalue weighted by atomic mass is 32.2. The third-order valence-electron chi connectivity index (χ3n) is 5.04. The van der Waals surface area contributed by atoms with E-state index in [1.54, 1.807) is 0 Å². The van der Waals surface area contributed by atoms with E-state index in [9.17, 15) is 26.4 Å². The SMILES string of the molecule is O=C(Nc1cc(F)c(F)c(F)c1)c1ccc2c(c1)S(=O)(=O)N1CCCC[C@H]1CO2. The molecule has 2 aromatic carbocycles. The van der Waals surface area contributed by atoms with Crippen molar-refractivity contribution in [1.82, 2.24) is 4.31 Å². The zero-order valence-electron chi connectivity index (χ0n) is 15.1.